The van der Waals surface area contributed by atoms with E-state index in [2.05, 4.69) is 10.6 Å². The van der Waals surface area contributed by atoms with Crippen LogP contribution >= 0.6 is 0 Å². The molecule has 2 aliphatic heterocycles. The molecule has 9 heteroatoms. The number of hydrogen-bond acceptors (Lipinski definition) is 5. The van der Waals surface area contributed by atoms with Crippen molar-refractivity contribution in [1.82, 2.24) is 15.5 Å². The Morgan fingerprint density at radius 1 is 1.24 bits per heavy atom. The van der Waals surface area contributed by atoms with E-state index in [1.54, 1.807) is 25.1 Å². The lowest BCUT2D eigenvalue weighted by atomic mass is 10.1. The van der Waals surface area contributed by atoms with Gasteiger partial charge in [-0.3, -0.25) is 19.2 Å². The first-order valence-electron chi connectivity index (χ1n) is 9.77. The van der Waals surface area contributed by atoms with Crippen molar-refractivity contribution in [2.24, 2.45) is 0 Å². The fourth-order valence-corrected chi connectivity index (χ4v) is 3.67. The average Bonchev–Trinajstić information content (AvgIpc) is 3.21. The summed E-state index contributed by atoms with van der Waals surface area (Å²) >= 11 is 0. The lowest BCUT2D eigenvalue weighted by molar-refractivity contribution is -0.138. The molecule has 2 unspecified atom stereocenters. The summed E-state index contributed by atoms with van der Waals surface area (Å²) in [4.78, 5) is 52.0. The summed E-state index contributed by atoms with van der Waals surface area (Å²) in [5, 5.41) is 5.16. The number of nitrogens with zero attached hydrogens (tertiary/aromatic N) is 2. The molecule has 2 heterocycles. The van der Waals surface area contributed by atoms with E-state index in [0.717, 1.165) is 6.42 Å². The van der Waals surface area contributed by atoms with Crippen molar-refractivity contribution in [3.8, 4) is 5.75 Å². The zero-order valence-corrected chi connectivity index (χ0v) is 16.6. The number of amides is 4. The Bertz CT molecular complexity index is 812. The lowest BCUT2D eigenvalue weighted by Gasteiger charge is -2.32. The monoisotopic (exact) mass is 402 g/mol. The van der Waals surface area contributed by atoms with Gasteiger partial charge < -0.3 is 25.2 Å². The fourth-order valence-electron chi connectivity index (χ4n) is 3.67. The van der Waals surface area contributed by atoms with E-state index in [0.29, 0.717) is 24.4 Å². The Labute approximate surface area is 169 Å². The summed E-state index contributed by atoms with van der Waals surface area (Å²) in [7, 11) is 1.54. The predicted octanol–water partition coefficient (Wildman–Crippen LogP) is 0.0438. The van der Waals surface area contributed by atoms with Crippen LogP contribution in [0.15, 0.2) is 24.3 Å². The number of carbonyl (C=O) groups excluding carboxylic acids is 4. The van der Waals surface area contributed by atoms with Crippen molar-refractivity contribution in [2.45, 2.75) is 38.3 Å². The third-order valence-corrected chi connectivity index (χ3v) is 5.20. The van der Waals surface area contributed by atoms with Gasteiger partial charge in [0.15, 0.2) is 6.10 Å². The molecule has 2 aliphatic rings. The van der Waals surface area contributed by atoms with Crippen LogP contribution in [-0.4, -0.2) is 67.4 Å². The molecule has 1 aromatic carbocycles. The third-order valence-electron chi connectivity index (χ3n) is 5.20. The molecule has 29 heavy (non-hydrogen) atoms. The standard InChI is InChI=1S/C20H26N4O5/c1-13-20(28)24(14-6-3-4-8-16(14)29-13)11-9-17(25)22-12-18(26)23-10-5-7-15(23)19(27)21-2/h3-4,6,8,13,15H,5,7,9-12H2,1-2H3,(H,21,27)(H,22,25). The number of anilines is 1. The van der Waals surface area contributed by atoms with E-state index >= 15 is 0 Å². The van der Waals surface area contributed by atoms with E-state index in [9.17, 15) is 19.2 Å². The molecule has 0 saturated carbocycles. The molecule has 4 amide bonds. The molecule has 0 aromatic heterocycles. The minimum absolute atomic E-state index is 0.0545. The van der Waals surface area contributed by atoms with Gasteiger partial charge in [-0.2, -0.15) is 0 Å². The largest absolute Gasteiger partial charge is 0.479 e. The molecule has 0 aliphatic carbocycles. The SMILES string of the molecule is CNC(=O)C1CCCN1C(=O)CNC(=O)CCN1C(=O)C(C)Oc2ccccc21. The van der Waals surface area contributed by atoms with E-state index in [1.807, 2.05) is 6.07 Å². The van der Waals surface area contributed by atoms with E-state index < -0.39 is 12.1 Å². The maximum Gasteiger partial charge on any atom is 0.267 e. The predicted molar refractivity (Wildman–Crippen MR) is 105 cm³/mol. The number of rotatable bonds is 6. The minimum atomic E-state index is -0.619. The molecular formula is C20H26N4O5. The fraction of sp³-hybridized carbons (Fsp3) is 0.500. The molecule has 1 aromatic rings. The van der Waals surface area contributed by atoms with Crippen LogP contribution in [0.1, 0.15) is 26.2 Å². The van der Waals surface area contributed by atoms with Gasteiger partial charge in [0.1, 0.15) is 11.8 Å². The first kappa shape index (κ1) is 20.6. The number of likely N-dealkylation sites (tertiary alicyclic amines) is 1. The minimum Gasteiger partial charge on any atom is -0.479 e. The van der Waals surface area contributed by atoms with Gasteiger partial charge in [-0.25, -0.2) is 0 Å². The second-order valence-corrected chi connectivity index (χ2v) is 7.10. The quantitative estimate of drug-likeness (QED) is 0.699. The summed E-state index contributed by atoms with van der Waals surface area (Å²) < 4.78 is 5.58. The van der Waals surface area contributed by atoms with Gasteiger partial charge in [0, 0.05) is 26.6 Å². The highest BCUT2D eigenvalue weighted by Crippen LogP contribution is 2.33. The van der Waals surface area contributed by atoms with Crippen LogP contribution in [0.5, 0.6) is 5.75 Å². The Kier molecular flexibility index (Phi) is 6.36. The van der Waals surface area contributed by atoms with Gasteiger partial charge in [-0.15, -0.1) is 0 Å². The number of para-hydroxylation sites is 2. The Morgan fingerprint density at radius 3 is 2.76 bits per heavy atom. The summed E-state index contributed by atoms with van der Waals surface area (Å²) in [6.07, 6.45) is 0.815. The van der Waals surface area contributed by atoms with Gasteiger partial charge in [-0.1, -0.05) is 12.1 Å². The maximum atomic E-state index is 12.4. The van der Waals surface area contributed by atoms with Crippen molar-refractivity contribution < 1.29 is 23.9 Å². The van der Waals surface area contributed by atoms with E-state index in [-0.39, 0.29) is 43.1 Å². The smallest absolute Gasteiger partial charge is 0.267 e. The highest BCUT2D eigenvalue weighted by Gasteiger charge is 2.34. The normalized spacial score (nSPS) is 20.7. The Hall–Kier alpha value is -3.10. The number of fused-ring (bicyclic) bond motifs is 1. The Balaban J connectivity index is 1.52. The molecule has 0 spiro atoms. The number of nitrogens with one attached hydrogen (secondary N) is 2. The number of carbonyl (C=O) groups is 4. The summed E-state index contributed by atoms with van der Waals surface area (Å²) in [5.74, 6) is -0.423. The van der Waals surface area contributed by atoms with Gasteiger partial charge in [0.05, 0.1) is 12.2 Å². The van der Waals surface area contributed by atoms with Crippen molar-refractivity contribution in [1.29, 1.82) is 0 Å². The van der Waals surface area contributed by atoms with Gasteiger partial charge in [-0.05, 0) is 31.9 Å². The topological polar surface area (TPSA) is 108 Å². The maximum absolute atomic E-state index is 12.4. The van der Waals surface area contributed by atoms with Crippen molar-refractivity contribution in [3.05, 3.63) is 24.3 Å². The molecule has 1 fully saturated rings. The molecule has 9 nitrogen and oxygen atoms in total. The van der Waals surface area contributed by atoms with Crippen LogP contribution in [0.3, 0.4) is 0 Å². The van der Waals surface area contributed by atoms with Crippen molar-refractivity contribution in [2.75, 3.05) is 31.6 Å². The molecule has 0 bridgehead atoms. The van der Waals surface area contributed by atoms with Crippen LogP contribution in [0.2, 0.25) is 0 Å². The van der Waals surface area contributed by atoms with E-state index in [1.165, 1.54) is 16.8 Å². The van der Waals surface area contributed by atoms with Crippen molar-refractivity contribution in [3.63, 3.8) is 0 Å². The molecule has 0 radical (unpaired) electrons. The van der Waals surface area contributed by atoms with E-state index in [4.69, 9.17) is 4.74 Å². The summed E-state index contributed by atoms with van der Waals surface area (Å²) in [6, 6.07) is 6.70. The molecule has 2 N–H and O–H groups in total. The van der Waals surface area contributed by atoms with Crippen LogP contribution in [-0.2, 0) is 19.2 Å². The summed E-state index contributed by atoms with van der Waals surface area (Å²) in [6.45, 7) is 2.19. The second-order valence-electron chi connectivity index (χ2n) is 7.10. The Morgan fingerprint density at radius 2 is 2.00 bits per heavy atom. The highest BCUT2D eigenvalue weighted by atomic mass is 16.5. The summed E-state index contributed by atoms with van der Waals surface area (Å²) in [5.41, 5.74) is 0.630. The second kappa shape index (κ2) is 8.93. The van der Waals surface area contributed by atoms with Gasteiger partial charge in [0.2, 0.25) is 17.7 Å². The highest BCUT2D eigenvalue weighted by molar-refractivity contribution is 6.00. The average molecular weight is 402 g/mol. The van der Waals surface area contributed by atoms with Crippen LogP contribution in [0, 0.1) is 0 Å². The first-order chi connectivity index (χ1) is 13.9. The van der Waals surface area contributed by atoms with Crippen LogP contribution in [0.25, 0.3) is 0 Å². The number of ether oxygens (including phenoxy) is 1. The molecule has 3 rings (SSSR count). The first-order valence-corrected chi connectivity index (χ1v) is 9.77. The molecular weight excluding hydrogens is 376 g/mol. The van der Waals surface area contributed by atoms with Crippen LogP contribution in [0.4, 0.5) is 5.69 Å². The molecule has 1 saturated heterocycles. The van der Waals surface area contributed by atoms with Crippen molar-refractivity contribution >= 4 is 29.3 Å². The number of hydrogen-bond donors (Lipinski definition) is 2. The molecule has 2 atom stereocenters. The lowest BCUT2D eigenvalue weighted by Crippen LogP contribution is -2.49. The zero-order valence-electron chi connectivity index (χ0n) is 16.6. The third kappa shape index (κ3) is 4.49. The number of likely N-dealkylation sites (N-methyl/N-ethyl adjacent to an activating group) is 1. The van der Waals surface area contributed by atoms with Gasteiger partial charge >= 0.3 is 0 Å². The number of benzene rings is 1. The van der Waals surface area contributed by atoms with Crippen LogP contribution < -0.4 is 20.3 Å². The van der Waals surface area contributed by atoms with Gasteiger partial charge in [0.25, 0.3) is 5.91 Å². The molecule has 156 valence electrons. The zero-order chi connectivity index (χ0) is 21.0.